The SMILES string of the molecule is C1=c2cccc3c2=C2c4c(ccc5sc6cccc-3c6c45)N(c3nc(-c4ccc5c(c4)oc4ccccc45)c4oc5ccccc5c4n3)C2C1. The summed E-state index contributed by atoms with van der Waals surface area (Å²) in [7, 11) is 0. The first-order valence-electron chi connectivity index (χ1n) is 17.0. The lowest BCUT2D eigenvalue weighted by molar-refractivity contribution is 0.666. The second kappa shape index (κ2) is 8.86. The second-order valence-electron chi connectivity index (χ2n) is 13.6. The number of nitrogens with zero attached hydrogens (tertiary/aromatic N) is 3. The molecule has 13 rings (SSSR count). The number of fused-ring (bicyclic) bond motifs is 7. The molecule has 5 heterocycles. The summed E-state index contributed by atoms with van der Waals surface area (Å²) in [6.45, 7) is 0. The predicted molar refractivity (Wildman–Crippen MR) is 204 cm³/mol. The van der Waals surface area contributed by atoms with E-state index >= 15 is 0 Å². The number of hydrogen-bond donors (Lipinski definition) is 0. The summed E-state index contributed by atoms with van der Waals surface area (Å²) < 4.78 is 15.6. The van der Waals surface area contributed by atoms with E-state index in [1.54, 1.807) is 0 Å². The van der Waals surface area contributed by atoms with Crippen LogP contribution < -0.4 is 15.3 Å². The number of anilines is 2. The van der Waals surface area contributed by atoms with Crippen LogP contribution >= 0.6 is 11.3 Å². The molecule has 5 nitrogen and oxygen atoms in total. The normalized spacial score (nSPS) is 15.8. The van der Waals surface area contributed by atoms with Gasteiger partial charge < -0.3 is 13.7 Å². The van der Waals surface area contributed by atoms with Gasteiger partial charge in [-0.3, -0.25) is 0 Å². The van der Waals surface area contributed by atoms with Crippen molar-refractivity contribution in [2.24, 2.45) is 0 Å². The molecule has 232 valence electrons. The van der Waals surface area contributed by atoms with E-state index in [-0.39, 0.29) is 6.04 Å². The summed E-state index contributed by atoms with van der Waals surface area (Å²) >= 11 is 1.89. The molecule has 6 aromatic carbocycles. The molecule has 1 unspecified atom stereocenters. The van der Waals surface area contributed by atoms with Gasteiger partial charge in [0.1, 0.15) is 28.0 Å². The maximum Gasteiger partial charge on any atom is 0.231 e. The number of benzene rings is 6. The molecule has 2 aliphatic carbocycles. The van der Waals surface area contributed by atoms with Crippen molar-refractivity contribution in [3.63, 3.8) is 0 Å². The van der Waals surface area contributed by atoms with Crippen molar-refractivity contribution in [3.05, 3.63) is 131 Å². The minimum Gasteiger partial charge on any atom is -0.456 e. The monoisotopic (exact) mass is 657 g/mol. The van der Waals surface area contributed by atoms with E-state index < -0.39 is 0 Å². The van der Waals surface area contributed by atoms with Crippen LogP contribution in [0.2, 0.25) is 0 Å². The number of para-hydroxylation sites is 2. The quantitative estimate of drug-likeness (QED) is 0.185. The highest BCUT2D eigenvalue weighted by Gasteiger charge is 2.41. The molecule has 0 amide bonds. The van der Waals surface area contributed by atoms with Crippen molar-refractivity contribution in [2.45, 2.75) is 12.5 Å². The zero-order chi connectivity index (χ0) is 32.2. The van der Waals surface area contributed by atoms with Crippen molar-refractivity contribution >= 4 is 98.8 Å². The van der Waals surface area contributed by atoms with Gasteiger partial charge in [0.2, 0.25) is 5.95 Å². The Kier molecular flexibility index (Phi) is 4.56. The lowest BCUT2D eigenvalue weighted by Gasteiger charge is -2.27. The first-order valence-corrected chi connectivity index (χ1v) is 17.8. The van der Waals surface area contributed by atoms with Gasteiger partial charge in [-0.15, -0.1) is 11.3 Å². The zero-order valence-electron chi connectivity index (χ0n) is 26.4. The van der Waals surface area contributed by atoms with Crippen molar-refractivity contribution in [1.29, 1.82) is 0 Å². The number of furan rings is 2. The maximum atomic E-state index is 6.57. The first kappa shape index (κ1) is 25.7. The molecule has 6 heteroatoms. The fraction of sp³-hybridized carbons (Fsp3) is 0.0455. The van der Waals surface area contributed by atoms with Crippen molar-refractivity contribution in [2.75, 3.05) is 4.90 Å². The molecule has 0 radical (unpaired) electrons. The Labute approximate surface area is 287 Å². The Balaban J connectivity index is 1.14. The molecule has 10 aromatic rings. The average Bonchev–Trinajstić information content (AvgIpc) is 3.90. The summed E-state index contributed by atoms with van der Waals surface area (Å²) in [5.41, 5.74) is 12.2. The number of rotatable bonds is 2. The second-order valence-corrected chi connectivity index (χ2v) is 14.7. The van der Waals surface area contributed by atoms with Crippen molar-refractivity contribution < 1.29 is 8.83 Å². The zero-order valence-corrected chi connectivity index (χ0v) is 27.2. The minimum atomic E-state index is 0.0508. The molecule has 0 saturated carbocycles. The predicted octanol–water partition coefficient (Wildman–Crippen LogP) is 10.2. The molecule has 1 aliphatic heterocycles. The van der Waals surface area contributed by atoms with Crippen LogP contribution in [0.3, 0.4) is 0 Å². The maximum absolute atomic E-state index is 6.57. The first-order chi connectivity index (χ1) is 24.8. The Morgan fingerprint density at radius 3 is 2.40 bits per heavy atom. The van der Waals surface area contributed by atoms with Gasteiger partial charge in [-0.1, -0.05) is 72.8 Å². The Morgan fingerprint density at radius 2 is 1.46 bits per heavy atom. The molecule has 0 spiro atoms. The molecule has 0 bridgehead atoms. The highest BCUT2D eigenvalue weighted by atomic mass is 32.1. The smallest absolute Gasteiger partial charge is 0.231 e. The van der Waals surface area contributed by atoms with Gasteiger partial charge in [-0.25, -0.2) is 9.97 Å². The van der Waals surface area contributed by atoms with Gasteiger partial charge >= 0.3 is 0 Å². The van der Waals surface area contributed by atoms with E-state index in [0.717, 1.165) is 61.8 Å². The summed E-state index contributed by atoms with van der Waals surface area (Å²) in [4.78, 5) is 13.2. The van der Waals surface area contributed by atoms with Gasteiger partial charge in [-0.05, 0) is 82.1 Å². The number of aromatic nitrogens is 2. The van der Waals surface area contributed by atoms with E-state index in [2.05, 4.69) is 95.9 Å². The van der Waals surface area contributed by atoms with Crippen molar-refractivity contribution in [3.8, 4) is 22.4 Å². The number of thiophene rings is 1. The fourth-order valence-corrected chi connectivity index (χ4v) is 10.2. The molecule has 1 atom stereocenters. The topological polar surface area (TPSA) is 55.3 Å². The highest BCUT2D eigenvalue weighted by Crippen LogP contribution is 2.54. The van der Waals surface area contributed by atoms with E-state index in [4.69, 9.17) is 18.8 Å². The van der Waals surface area contributed by atoms with E-state index in [1.807, 2.05) is 41.7 Å². The summed E-state index contributed by atoms with van der Waals surface area (Å²) in [6, 6.07) is 40.9. The van der Waals surface area contributed by atoms with E-state index in [9.17, 15) is 0 Å². The van der Waals surface area contributed by atoms with Gasteiger partial charge in [0.05, 0.1) is 11.7 Å². The molecular formula is C44H23N3O2S. The molecular weight excluding hydrogens is 635 g/mol. The van der Waals surface area contributed by atoms with Gasteiger partial charge in [0.25, 0.3) is 0 Å². The van der Waals surface area contributed by atoms with Crippen LogP contribution in [-0.4, -0.2) is 16.0 Å². The third-order valence-corrected chi connectivity index (χ3v) is 12.2. The van der Waals surface area contributed by atoms with Crippen LogP contribution in [0.25, 0.3) is 98.2 Å². The standard InChI is InChI=1S/C44H23N3O2S/c1-3-12-31-24(8-1)25-17-15-23(21-33(25)48-31)41-43-42(28-9-2-4-13-32(28)49-43)46-44(45-41)47-29-18-16-22-7-5-10-26-27-11-6-14-34-37(27)40-35(50-34)20-19-30(47)39(40)38(29)36(22)26/h1-17,19-21,29H,18H2. The van der Waals surface area contributed by atoms with Crippen LogP contribution in [0.1, 0.15) is 12.0 Å². The lowest BCUT2D eigenvalue weighted by atomic mass is 9.89. The molecule has 4 aromatic heterocycles. The lowest BCUT2D eigenvalue weighted by Crippen LogP contribution is -2.39. The third kappa shape index (κ3) is 3.05. The van der Waals surface area contributed by atoms with Crippen molar-refractivity contribution in [1.82, 2.24) is 9.97 Å². The minimum absolute atomic E-state index is 0.0508. The Morgan fingerprint density at radius 1 is 0.660 bits per heavy atom. The molecule has 50 heavy (non-hydrogen) atoms. The highest BCUT2D eigenvalue weighted by molar-refractivity contribution is 7.26. The Bertz CT molecular complexity index is 3330. The molecule has 3 aliphatic rings. The van der Waals surface area contributed by atoms with Crippen LogP contribution in [0.5, 0.6) is 0 Å². The Hall–Kier alpha value is -6.24. The third-order valence-electron chi connectivity index (χ3n) is 11.1. The summed E-state index contributed by atoms with van der Waals surface area (Å²) in [5.74, 6) is 0.680. The van der Waals surface area contributed by atoms with Crippen LogP contribution in [0, 0.1) is 0 Å². The van der Waals surface area contributed by atoms with E-state index in [1.165, 1.54) is 52.9 Å². The fourth-order valence-electron chi connectivity index (χ4n) is 9.08. The summed E-state index contributed by atoms with van der Waals surface area (Å²) in [5, 5.41) is 8.54. The van der Waals surface area contributed by atoms with Crippen LogP contribution in [-0.2, 0) is 0 Å². The number of hydrogen-bond acceptors (Lipinski definition) is 6. The average molecular weight is 658 g/mol. The largest absolute Gasteiger partial charge is 0.456 e. The van der Waals surface area contributed by atoms with Crippen LogP contribution in [0.4, 0.5) is 11.6 Å². The van der Waals surface area contributed by atoms with Crippen LogP contribution in [0.15, 0.2) is 124 Å². The van der Waals surface area contributed by atoms with Gasteiger partial charge in [0, 0.05) is 47.5 Å². The molecule has 0 N–H and O–H groups in total. The molecule has 0 saturated heterocycles. The van der Waals surface area contributed by atoms with Gasteiger partial charge in [-0.2, -0.15) is 0 Å². The molecule has 0 fully saturated rings. The van der Waals surface area contributed by atoms with Gasteiger partial charge in [0.15, 0.2) is 5.58 Å². The summed E-state index contributed by atoms with van der Waals surface area (Å²) in [6.07, 6.45) is 3.27. The van der Waals surface area contributed by atoms with E-state index in [0.29, 0.717) is 11.5 Å².